The number of carbonyl (C=O) groups is 1. The summed E-state index contributed by atoms with van der Waals surface area (Å²) in [5.74, 6) is 0. The molecule has 1 aromatic carbocycles. The number of nitrogens with zero attached hydrogens (tertiary/aromatic N) is 5. The molecule has 1 amide bonds. The van der Waals surface area contributed by atoms with Crippen LogP contribution in [0.25, 0.3) is 0 Å². The molecule has 1 aliphatic rings. The Labute approximate surface area is 173 Å². The van der Waals surface area contributed by atoms with Crippen molar-refractivity contribution in [1.82, 2.24) is 19.9 Å². The van der Waals surface area contributed by atoms with Gasteiger partial charge in [-0.15, -0.1) is 5.10 Å². The Morgan fingerprint density at radius 1 is 1.03 bits per heavy atom. The fraction of sp³-hybridized carbons (Fsp3) is 0.591. The molecule has 1 fully saturated rings. The number of ether oxygens (including phenoxy) is 1. The van der Waals surface area contributed by atoms with Crippen molar-refractivity contribution in [3.8, 4) is 0 Å². The normalized spacial score (nSPS) is 15.5. The van der Waals surface area contributed by atoms with Gasteiger partial charge in [0, 0.05) is 43.5 Å². The quantitative estimate of drug-likeness (QED) is 0.788. The summed E-state index contributed by atoms with van der Waals surface area (Å²) in [5, 5.41) is 8.64. The van der Waals surface area contributed by atoms with E-state index >= 15 is 0 Å². The van der Waals surface area contributed by atoms with Gasteiger partial charge in [0.25, 0.3) is 0 Å². The van der Waals surface area contributed by atoms with Crippen LogP contribution in [-0.2, 0) is 16.7 Å². The third-order valence-electron chi connectivity index (χ3n) is 4.90. The highest BCUT2D eigenvalue weighted by molar-refractivity contribution is 5.68. The van der Waals surface area contributed by atoms with Crippen LogP contribution in [0.1, 0.15) is 52.8 Å². The van der Waals surface area contributed by atoms with Gasteiger partial charge in [0.05, 0.1) is 12.2 Å². The predicted molar refractivity (Wildman–Crippen MR) is 114 cm³/mol. The van der Waals surface area contributed by atoms with Gasteiger partial charge in [-0.3, -0.25) is 0 Å². The summed E-state index contributed by atoms with van der Waals surface area (Å²) in [6, 6.07) is 8.38. The van der Waals surface area contributed by atoms with Gasteiger partial charge >= 0.3 is 6.09 Å². The number of anilines is 1. The third-order valence-corrected chi connectivity index (χ3v) is 4.90. The molecule has 0 atom stereocenters. The topological polar surface area (TPSA) is 63.5 Å². The Morgan fingerprint density at radius 2 is 1.69 bits per heavy atom. The van der Waals surface area contributed by atoms with Gasteiger partial charge in [0.15, 0.2) is 0 Å². The number of benzene rings is 1. The van der Waals surface area contributed by atoms with E-state index in [2.05, 4.69) is 60.2 Å². The maximum Gasteiger partial charge on any atom is 0.410 e. The summed E-state index contributed by atoms with van der Waals surface area (Å²) in [4.78, 5) is 16.4. The minimum atomic E-state index is -0.468. The van der Waals surface area contributed by atoms with Gasteiger partial charge in [-0.2, -0.15) is 0 Å². The number of aromatic nitrogens is 3. The smallest absolute Gasteiger partial charge is 0.410 e. The molecular weight excluding hydrogens is 366 g/mol. The lowest BCUT2D eigenvalue weighted by atomic mass is 9.93. The summed E-state index contributed by atoms with van der Waals surface area (Å²) < 4.78 is 7.40. The van der Waals surface area contributed by atoms with E-state index in [-0.39, 0.29) is 11.5 Å². The van der Waals surface area contributed by atoms with Crippen molar-refractivity contribution in [3.05, 3.63) is 41.7 Å². The first-order valence-electron chi connectivity index (χ1n) is 10.2. The molecule has 1 saturated heterocycles. The minimum absolute atomic E-state index is 0.0181. The van der Waals surface area contributed by atoms with Gasteiger partial charge in [0.1, 0.15) is 5.60 Å². The fourth-order valence-corrected chi connectivity index (χ4v) is 3.30. The van der Waals surface area contributed by atoms with Crippen LogP contribution in [-0.4, -0.2) is 57.8 Å². The molecule has 2 aromatic rings. The molecule has 0 saturated carbocycles. The van der Waals surface area contributed by atoms with Crippen LogP contribution in [0.4, 0.5) is 10.5 Å². The number of carbonyl (C=O) groups excluding carboxylic acids is 1. The first-order chi connectivity index (χ1) is 13.5. The van der Waals surface area contributed by atoms with Crippen LogP contribution in [0, 0.1) is 0 Å². The van der Waals surface area contributed by atoms with Crippen LogP contribution >= 0.6 is 0 Å². The van der Waals surface area contributed by atoms with Crippen molar-refractivity contribution < 1.29 is 9.53 Å². The average molecular weight is 400 g/mol. The molecule has 3 rings (SSSR count). The summed E-state index contributed by atoms with van der Waals surface area (Å²) in [6.45, 7) is 15.6. The van der Waals surface area contributed by atoms with Crippen LogP contribution in [0.5, 0.6) is 0 Å². The zero-order chi connectivity index (χ0) is 21.2. The lowest BCUT2D eigenvalue weighted by Crippen LogP contribution is -2.50. The van der Waals surface area contributed by atoms with Crippen molar-refractivity contribution in [2.45, 2.75) is 59.1 Å². The third kappa shape index (κ3) is 5.49. The highest BCUT2D eigenvalue weighted by Crippen LogP contribution is 2.24. The minimum Gasteiger partial charge on any atom is -0.444 e. The van der Waals surface area contributed by atoms with Gasteiger partial charge in [-0.05, 0) is 32.4 Å². The number of hydrogen-bond donors (Lipinski definition) is 0. The van der Waals surface area contributed by atoms with Crippen molar-refractivity contribution in [1.29, 1.82) is 0 Å². The molecular formula is C22H33N5O2. The number of amides is 1. The molecule has 0 radical (unpaired) electrons. The second kappa shape index (κ2) is 8.05. The molecule has 158 valence electrons. The van der Waals surface area contributed by atoms with Crippen LogP contribution < -0.4 is 4.90 Å². The van der Waals surface area contributed by atoms with Crippen LogP contribution in [0.15, 0.2) is 30.5 Å². The zero-order valence-corrected chi connectivity index (χ0v) is 18.5. The molecule has 2 heterocycles. The molecule has 0 bridgehead atoms. The van der Waals surface area contributed by atoms with Crippen molar-refractivity contribution in [2.24, 2.45) is 0 Å². The van der Waals surface area contributed by atoms with Crippen LogP contribution in [0.3, 0.4) is 0 Å². The van der Waals surface area contributed by atoms with Crippen molar-refractivity contribution in [3.63, 3.8) is 0 Å². The first kappa shape index (κ1) is 21.1. The molecule has 0 N–H and O–H groups in total. The Balaban J connectivity index is 1.67. The number of piperazine rings is 1. The zero-order valence-electron chi connectivity index (χ0n) is 18.5. The molecule has 7 heteroatoms. The second-order valence-corrected chi connectivity index (χ2v) is 9.63. The van der Waals surface area contributed by atoms with Gasteiger partial charge in [-0.1, -0.05) is 44.2 Å². The van der Waals surface area contributed by atoms with Gasteiger partial charge < -0.3 is 14.5 Å². The van der Waals surface area contributed by atoms with E-state index in [4.69, 9.17) is 4.74 Å². The Hall–Kier alpha value is -2.57. The standard InChI is InChI=1S/C22H33N5O2/c1-21(2,3)19-16-27(24-23-19)15-17-9-7-8-10-18(17)25-11-13-26(14-12-25)20(28)29-22(4,5)6/h7-10,16H,11-15H2,1-6H3. The van der Waals surface area contributed by atoms with E-state index in [0.29, 0.717) is 19.6 Å². The molecule has 29 heavy (non-hydrogen) atoms. The van der Waals surface area contributed by atoms with E-state index in [0.717, 1.165) is 18.8 Å². The largest absolute Gasteiger partial charge is 0.444 e. The summed E-state index contributed by atoms with van der Waals surface area (Å²) in [5.41, 5.74) is 2.88. The van der Waals surface area contributed by atoms with Crippen molar-refractivity contribution in [2.75, 3.05) is 31.1 Å². The SMILES string of the molecule is CC(C)(C)OC(=O)N1CCN(c2ccccc2Cn2cc(C(C)(C)C)nn2)CC1. The Morgan fingerprint density at radius 3 is 2.28 bits per heavy atom. The highest BCUT2D eigenvalue weighted by Gasteiger charge is 2.26. The number of rotatable bonds is 3. The van der Waals surface area contributed by atoms with Crippen LogP contribution in [0.2, 0.25) is 0 Å². The number of para-hydroxylation sites is 1. The average Bonchev–Trinajstić information content (AvgIpc) is 3.10. The van der Waals surface area contributed by atoms with Gasteiger partial charge in [0.2, 0.25) is 0 Å². The fourth-order valence-electron chi connectivity index (χ4n) is 3.30. The summed E-state index contributed by atoms with van der Waals surface area (Å²) >= 11 is 0. The van der Waals surface area contributed by atoms with E-state index in [9.17, 15) is 4.79 Å². The lowest BCUT2D eigenvalue weighted by Gasteiger charge is -2.37. The first-order valence-corrected chi connectivity index (χ1v) is 10.2. The Kier molecular flexibility index (Phi) is 5.87. The molecule has 0 aliphatic carbocycles. The maximum atomic E-state index is 12.3. The summed E-state index contributed by atoms with van der Waals surface area (Å²) in [6.07, 6.45) is 1.79. The molecule has 1 aliphatic heterocycles. The highest BCUT2D eigenvalue weighted by atomic mass is 16.6. The molecule has 7 nitrogen and oxygen atoms in total. The maximum absolute atomic E-state index is 12.3. The Bertz CT molecular complexity index is 839. The van der Waals surface area contributed by atoms with E-state index in [1.165, 1.54) is 11.3 Å². The monoisotopic (exact) mass is 399 g/mol. The van der Waals surface area contributed by atoms with Crippen molar-refractivity contribution >= 4 is 11.8 Å². The van der Waals surface area contributed by atoms with Gasteiger partial charge in [-0.25, -0.2) is 9.48 Å². The van der Waals surface area contributed by atoms with E-state index in [1.807, 2.05) is 31.6 Å². The number of hydrogen-bond acceptors (Lipinski definition) is 5. The van der Waals surface area contributed by atoms with E-state index in [1.54, 1.807) is 4.90 Å². The predicted octanol–water partition coefficient (Wildman–Crippen LogP) is 3.68. The molecule has 0 spiro atoms. The molecule has 1 aromatic heterocycles. The van der Waals surface area contributed by atoms with E-state index < -0.39 is 5.60 Å². The summed E-state index contributed by atoms with van der Waals surface area (Å²) in [7, 11) is 0. The molecule has 0 unspecified atom stereocenters. The second-order valence-electron chi connectivity index (χ2n) is 9.63. The lowest BCUT2D eigenvalue weighted by molar-refractivity contribution is 0.0240.